The zero-order valence-electron chi connectivity index (χ0n) is 30.5. The van der Waals surface area contributed by atoms with E-state index in [9.17, 15) is 24.0 Å². The summed E-state index contributed by atoms with van der Waals surface area (Å²) in [6.45, 7) is 7.73. The highest BCUT2D eigenvalue weighted by atomic mass is 16.6. The van der Waals surface area contributed by atoms with Crippen molar-refractivity contribution in [3.8, 4) is 28.4 Å². The first-order valence-corrected chi connectivity index (χ1v) is 17.9. The summed E-state index contributed by atoms with van der Waals surface area (Å²) in [6.07, 6.45) is 6.77. The Hall–Kier alpha value is -4.81. The van der Waals surface area contributed by atoms with E-state index in [0.29, 0.717) is 48.9 Å². The van der Waals surface area contributed by atoms with Crippen molar-refractivity contribution in [3.63, 3.8) is 0 Å². The second-order valence-electron chi connectivity index (χ2n) is 11.7. The van der Waals surface area contributed by atoms with Gasteiger partial charge in [0.2, 0.25) is 11.7 Å². The summed E-state index contributed by atoms with van der Waals surface area (Å²) >= 11 is 0. The number of amides is 2. The van der Waals surface area contributed by atoms with Gasteiger partial charge in [-0.05, 0) is 61.1 Å². The van der Waals surface area contributed by atoms with Gasteiger partial charge < -0.3 is 39.1 Å². The highest BCUT2D eigenvalue weighted by Gasteiger charge is 2.21. The van der Waals surface area contributed by atoms with E-state index in [0.717, 1.165) is 32.1 Å². The quantitative estimate of drug-likeness (QED) is 0.0713. The number of hydrogen-bond acceptors (Lipinski definition) is 11. The first kappa shape index (κ1) is 42.4. The standard InChI is InChI=1S/C38H54N2O11/c1-5-9-16-33(41)39-17-18-40-38(45)29-15-13-14-28(22-29)30-23-31(49-25-34(42)46-19-10-6-2)37(51-27-36(44)48-21-12-8-4)32(24-30)50-26-35(43)47-20-11-7-3/h13-15,22-24H,5-12,16-21,25-27H2,1-4H3,(H,39,41)(H,40,45). The van der Waals surface area contributed by atoms with Gasteiger partial charge in [0.1, 0.15) is 0 Å². The van der Waals surface area contributed by atoms with Crippen LogP contribution in [0.4, 0.5) is 0 Å². The fourth-order valence-corrected chi connectivity index (χ4v) is 4.37. The number of unbranched alkanes of at least 4 members (excludes halogenated alkanes) is 4. The van der Waals surface area contributed by atoms with Gasteiger partial charge in [-0.3, -0.25) is 9.59 Å². The molecule has 0 heterocycles. The Morgan fingerprint density at radius 3 is 1.57 bits per heavy atom. The molecule has 2 aromatic carbocycles. The van der Waals surface area contributed by atoms with Crippen molar-refractivity contribution in [2.24, 2.45) is 0 Å². The summed E-state index contributed by atoms with van der Waals surface area (Å²) in [5.41, 5.74) is 1.42. The van der Waals surface area contributed by atoms with Gasteiger partial charge in [0.15, 0.2) is 31.3 Å². The number of carbonyl (C=O) groups excluding carboxylic acids is 5. The van der Waals surface area contributed by atoms with Gasteiger partial charge in [-0.2, -0.15) is 0 Å². The van der Waals surface area contributed by atoms with Crippen LogP contribution < -0.4 is 24.8 Å². The van der Waals surface area contributed by atoms with Crippen LogP contribution in [0.1, 0.15) is 95.8 Å². The van der Waals surface area contributed by atoms with Gasteiger partial charge in [0.05, 0.1) is 19.8 Å². The minimum Gasteiger partial charge on any atom is -0.478 e. The zero-order valence-corrected chi connectivity index (χ0v) is 30.5. The summed E-state index contributed by atoms with van der Waals surface area (Å²) in [5, 5.41) is 5.59. The Kier molecular flexibility index (Phi) is 20.9. The van der Waals surface area contributed by atoms with Crippen LogP contribution in [0.5, 0.6) is 17.2 Å². The smallest absolute Gasteiger partial charge is 0.344 e. The predicted molar refractivity (Wildman–Crippen MR) is 191 cm³/mol. The SMILES string of the molecule is CCCCOC(=O)COc1cc(-c2cccc(C(=O)NCCNC(=O)CCCC)c2)cc(OCC(=O)OCCCC)c1OCC(=O)OCCCC. The Bertz CT molecular complexity index is 1350. The molecule has 2 aromatic rings. The van der Waals surface area contributed by atoms with E-state index in [-0.39, 0.29) is 55.4 Å². The number of benzene rings is 2. The van der Waals surface area contributed by atoms with Gasteiger partial charge in [0, 0.05) is 25.1 Å². The Morgan fingerprint density at radius 1 is 0.569 bits per heavy atom. The lowest BCUT2D eigenvalue weighted by molar-refractivity contribution is -0.147. The summed E-state index contributed by atoms with van der Waals surface area (Å²) < 4.78 is 33.3. The van der Waals surface area contributed by atoms with E-state index < -0.39 is 37.7 Å². The highest BCUT2D eigenvalue weighted by molar-refractivity contribution is 5.95. The predicted octanol–water partition coefficient (Wildman–Crippen LogP) is 5.56. The largest absolute Gasteiger partial charge is 0.478 e. The molecule has 2 rings (SSSR count). The third-order valence-corrected chi connectivity index (χ3v) is 7.28. The van der Waals surface area contributed by atoms with E-state index in [2.05, 4.69) is 10.6 Å². The van der Waals surface area contributed by atoms with Crippen molar-refractivity contribution < 1.29 is 52.4 Å². The third-order valence-electron chi connectivity index (χ3n) is 7.28. The molecule has 13 heteroatoms. The van der Waals surface area contributed by atoms with Gasteiger partial charge >= 0.3 is 17.9 Å². The topological polar surface area (TPSA) is 165 Å². The molecule has 0 radical (unpaired) electrons. The monoisotopic (exact) mass is 714 g/mol. The molecule has 0 unspecified atom stereocenters. The molecule has 0 saturated heterocycles. The average molecular weight is 715 g/mol. The second kappa shape index (κ2) is 25.2. The van der Waals surface area contributed by atoms with Crippen molar-refractivity contribution in [2.45, 2.75) is 85.5 Å². The maximum atomic E-state index is 13.0. The van der Waals surface area contributed by atoms with Crippen LogP contribution in [0.2, 0.25) is 0 Å². The average Bonchev–Trinajstić information content (AvgIpc) is 3.13. The van der Waals surface area contributed by atoms with Gasteiger partial charge in [0.25, 0.3) is 5.91 Å². The van der Waals surface area contributed by atoms with E-state index >= 15 is 0 Å². The molecule has 13 nitrogen and oxygen atoms in total. The van der Waals surface area contributed by atoms with E-state index in [4.69, 9.17) is 28.4 Å². The maximum absolute atomic E-state index is 13.0. The van der Waals surface area contributed by atoms with Gasteiger partial charge in [-0.15, -0.1) is 0 Å². The molecule has 51 heavy (non-hydrogen) atoms. The lowest BCUT2D eigenvalue weighted by Gasteiger charge is -2.18. The van der Waals surface area contributed by atoms with Crippen molar-refractivity contribution in [1.82, 2.24) is 10.6 Å². The third kappa shape index (κ3) is 17.1. The summed E-state index contributed by atoms with van der Waals surface area (Å²) in [6, 6.07) is 9.91. The normalized spacial score (nSPS) is 10.5. The second-order valence-corrected chi connectivity index (χ2v) is 11.7. The molecule has 0 aliphatic rings. The first-order valence-electron chi connectivity index (χ1n) is 17.9. The summed E-state index contributed by atoms with van der Waals surface area (Å²) in [5.74, 6) is -2.23. The number of carbonyl (C=O) groups is 5. The van der Waals surface area contributed by atoms with E-state index in [1.165, 1.54) is 0 Å². The van der Waals surface area contributed by atoms with Crippen molar-refractivity contribution in [1.29, 1.82) is 0 Å². The van der Waals surface area contributed by atoms with Crippen LogP contribution >= 0.6 is 0 Å². The molecule has 0 aliphatic heterocycles. The first-order chi connectivity index (χ1) is 24.7. The molecule has 0 spiro atoms. The van der Waals surface area contributed by atoms with Gasteiger partial charge in [-0.25, -0.2) is 14.4 Å². The molecule has 0 bridgehead atoms. The van der Waals surface area contributed by atoms with Crippen LogP contribution in [0.15, 0.2) is 36.4 Å². The van der Waals surface area contributed by atoms with Crippen molar-refractivity contribution >= 4 is 29.7 Å². The Labute approximate surface area is 301 Å². The summed E-state index contributed by atoms with van der Waals surface area (Å²) in [7, 11) is 0. The van der Waals surface area contributed by atoms with Crippen LogP contribution in [0, 0.1) is 0 Å². The van der Waals surface area contributed by atoms with Crippen LogP contribution in [0.3, 0.4) is 0 Å². The van der Waals surface area contributed by atoms with Crippen LogP contribution in [-0.4, -0.2) is 82.5 Å². The lowest BCUT2D eigenvalue weighted by atomic mass is 10.0. The molecule has 0 saturated carbocycles. The number of esters is 3. The Morgan fingerprint density at radius 2 is 1.06 bits per heavy atom. The van der Waals surface area contributed by atoms with Crippen molar-refractivity contribution in [3.05, 3.63) is 42.0 Å². The molecule has 282 valence electrons. The molecule has 2 amide bonds. The zero-order chi connectivity index (χ0) is 37.3. The molecule has 0 aliphatic carbocycles. The minimum absolute atomic E-state index is 0.0318. The molecule has 0 fully saturated rings. The molecular weight excluding hydrogens is 660 g/mol. The Balaban J connectivity index is 2.40. The molecular formula is C38H54N2O11. The molecule has 2 N–H and O–H groups in total. The highest BCUT2D eigenvalue weighted by Crippen LogP contribution is 2.42. The number of hydrogen-bond donors (Lipinski definition) is 2. The van der Waals surface area contributed by atoms with E-state index in [1.807, 2.05) is 27.7 Å². The lowest BCUT2D eigenvalue weighted by Crippen LogP contribution is -2.34. The minimum atomic E-state index is -0.624. The number of nitrogens with one attached hydrogen (secondary N) is 2. The number of ether oxygens (including phenoxy) is 6. The fourth-order valence-electron chi connectivity index (χ4n) is 4.37. The van der Waals surface area contributed by atoms with Gasteiger partial charge in [-0.1, -0.05) is 65.5 Å². The van der Waals surface area contributed by atoms with Crippen LogP contribution in [-0.2, 0) is 33.4 Å². The van der Waals surface area contributed by atoms with Crippen molar-refractivity contribution in [2.75, 3.05) is 52.7 Å². The number of rotatable bonds is 26. The fraction of sp³-hybridized carbons (Fsp3) is 0.553. The van der Waals surface area contributed by atoms with E-state index in [1.54, 1.807) is 36.4 Å². The molecule has 0 atom stereocenters. The molecule has 0 aromatic heterocycles. The maximum Gasteiger partial charge on any atom is 0.344 e. The van der Waals surface area contributed by atoms with Crippen LogP contribution in [0.25, 0.3) is 11.1 Å². The summed E-state index contributed by atoms with van der Waals surface area (Å²) in [4.78, 5) is 62.3.